The molecule has 0 spiro atoms. The molecule has 1 aliphatic rings. The Labute approximate surface area is 126 Å². The van der Waals surface area contributed by atoms with Crippen LogP contribution in [0.2, 0.25) is 0 Å². The molecule has 0 radical (unpaired) electrons. The van der Waals surface area contributed by atoms with Crippen molar-refractivity contribution in [3.63, 3.8) is 0 Å². The molecule has 1 heterocycles. The minimum absolute atomic E-state index is 0.151. The van der Waals surface area contributed by atoms with Gasteiger partial charge in [-0.3, -0.25) is 0 Å². The summed E-state index contributed by atoms with van der Waals surface area (Å²) in [6.07, 6.45) is 1.62. The summed E-state index contributed by atoms with van der Waals surface area (Å²) in [7, 11) is -3.48. The molecule has 6 heteroatoms. The second-order valence-electron chi connectivity index (χ2n) is 5.31. The van der Waals surface area contributed by atoms with Gasteiger partial charge in [-0.25, -0.2) is 8.42 Å². The highest BCUT2D eigenvalue weighted by molar-refractivity contribution is 7.89. The molecule has 118 valence electrons. The Bertz CT molecular complexity index is 577. The van der Waals surface area contributed by atoms with Crippen LogP contribution in [0.4, 0.5) is 0 Å². The number of sulfonamides is 1. The Hall–Kier alpha value is -0.950. The van der Waals surface area contributed by atoms with Gasteiger partial charge in [0.15, 0.2) is 0 Å². The molecule has 0 bridgehead atoms. The van der Waals surface area contributed by atoms with Crippen LogP contribution >= 0.6 is 0 Å². The highest BCUT2D eigenvalue weighted by Gasteiger charge is 2.29. The number of rotatable bonds is 5. The van der Waals surface area contributed by atoms with E-state index in [0.29, 0.717) is 25.3 Å². The quantitative estimate of drug-likeness (QED) is 0.898. The normalized spacial score (nSPS) is 18.0. The molecular weight excluding hydrogens is 290 g/mol. The molecule has 1 aromatic carbocycles. The Morgan fingerprint density at radius 2 is 2.00 bits per heavy atom. The summed E-state index contributed by atoms with van der Waals surface area (Å²) in [5.74, 6) is 0. The van der Waals surface area contributed by atoms with Crippen LogP contribution in [0.1, 0.15) is 30.9 Å². The number of hydrogen-bond donors (Lipinski definition) is 1. The topological polar surface area (TPSA) is 66.8 Å². The molecule has 5 nitrogen and oxygen atoms in total. The van der Waals surface area contributed by atoms with Crippen LogP contribution in [0.5, 0.6) is 0 Å². The Morgan fingerprint density at radius 3 is 2.57 bits per heavy atom. The van der Waals surface area contributed by atoms with Crippen molar-refractivity contribution in [2.75, 3.05) is 19.7 Å². The monoisotopic (exact) mass is 313 g/mol. The summed E-state index contributed by atoms with van der Waals surface area (Å²) in [4.78, 5) is 0.256. The molecule has 0 aromatic heterocycles. The summed E-state index contributed by atoms with van der Waals surface area (Å²) in [6, 6.07) is 4.92. The van der Waals surface area contributed by atoms with E-state index in [1.807, 2.05) is 13.8 Å². The van der Waals surface area contributed by atoms with Crippen LogP contribution in [0.15, 0.2) is 23.1 Å². The summed E-state index contributed by atoms with van der Waals surface area (Å²) in [5.41, 5.74) is 1.55. The SMILES string of the molecule is CCOC1CCN(S(=O)(=O)c2ccc(C)c(CO)c2)CC1. The first-order valence-electron chi connectivity index (χ1n) is 7.31. The molecule has 1 N–H and O–H groups in total. The van der Waals surface area contributed by atoms with E-state index in [0.717, 1.165) is 18.4 Å². The average Bonchev–Trinajstić information content (AvgIpc) is 2.48. The second kappa shape index (κ2) is 6.87. The minimum Gasteiger partial charge on any atom is -0.392 e. The van der Waals surface area contributed by atoms with Gasteiger partial charge in [0.1, 0.15) is 0 Å². The fourth-order valence-electron chi connectivity index (χ4n) is 2.60. The maximum absolute atomic E-state index is 12.6. The third kappa shape index (κ3) is 3.63. The van der Waals surface area contributed by atoms with E-state index in [9.17, 15) is 13.5 Å². The van der Waals surface area contributed by atoms with Crippen molar-refractivity contribution in [2.45, 2.75) is 44.3 Å². The smallest absolute Gasteiger partial charge is 0.243 e. The van der Waals surface area contributed by atoms with Gasteiger partial charge in [0, 0.05) is 19.7 Å². The van der Waals surface area contributed by atoms with Crippen molar-refractivity contribution in [3.05, 3.63) is 29.3 Å². The maximum Gasteiger partial charge on any atom is 0.243 e. The number of hydrogen-bond acceptors (Lipinski definition) is 4. The number of aryl methyl sites for hydroxylation is 1. The van der Waals surface area contributed by atoms with E-state index in [2.05, 4.69) is 0 Å². The first kappa shape index (κ1) is 16.4. The first-order valence-corrected chi connectivity index (χ1v) is 8.75. The lowest BCUT2D eigenvalue weighted by Gasteiger charge is -2.31. The third-order valence-corrected chi connectivity index (χ3v) is 5.83. The van der Waals surface area contributed by atoms with Gasteiger partial charge in [0.25, 0.3) is 0 Å². The second-order valence-corrected chi connectivity index (χ2v) is 7.24. The van der Waals surface area contributed by atoms with Gasteiger partial charge in [-0.05, 0) is 49.9 Å². The summed E-state index contributed by atoms with van der Waals surface area (Å²) >= 11 is 0. The zero-order valence-corrected chi connectivity index (χ0v) is 13.4. The molecule has 0 aliphatic carbocycles. The lowest BCUT2D eigenvalue weighted by atomic mass is 10.1. The largest absolute Gasteiger partial charge is 0.392 e. The van der Waals surface area contributed by atoms with Crippen LogP contribution in [-0.4, -0.2) is 43.6 Å². The van der Waals surface area contributed by atoms with E-state index in [4.69, 9.17) is 4.74 Å². The predicted octanol–water partition coefficient (Wildman–Crippen LogP) is 1.68. The molecule has 0 atom stereocenters. The highest BCUT2D eigenvalue weighted by atomic mass is 32.2. The lowest BCUT2D eigenvalue weighted by molar-refractivity contribution is 0.0290. The number of piperidine rings is 1. The Kier molecular flexibility index (Phi) is 5.37. The van der Waals surface area contributed by atoms with Crippen LogP contribution in [0, 0.1) is 6.92 Å². The van der Waals surface area contributed by atoms with Gasteiger partial charge in [0.05, 0.1) is 17.6 Å². The van der Waals surface area contributed by atoms with E-state index >= 15 is 0 Å². The maximum atomic E-state index is 12.6. The summed E-state index contributed by atoms with van der Waals surface area (Å²) in [5, 5.41) is 9.29. The van der Waals surface area contributed by atoms with E-state index in [1.165, 1.54) is 4.31 Å². The number of benzene rings is 1. The predicted molar refractivity (Wildman–Crippen MR) is 80.5 cm³/mol. The van der Waals surface area contributed by atoms with Crippen molar-refractivity contribution >= 4 is 10.0 Å². The van der Waals surface area contributed by atoms with E-state index in [1.54, 1.807) is 18.2 Å². The summed E-state index contributed by atoms with van der Waals surface area (Å²) in [6.45, 7) is 5.28. The fraction of sp³-hybridized carbons (Fsp3) is 0.600. The molecule has 1 saturated heterocycles. The van der Waals surface area contributed by atoms with Gasteiger partial charge < -0.3 is 9.84 Å². The Morgan fingerprint density at radius 1 is 1.33 bits per heavy atom. The van der Waals surface area contributed by atoms with Crippen molar-refractivity contribution in [2.24, 2.45) is 0 Å². The van der Waals surface area contributed by atoms with Gasteiger partial charge in [-0.2, -0.15) is 4.31 Å². The number of aliphatic hydroxyl groups excluding tert-OH is 1. The van der Waals surface area contributed by atoms with Gasteiger partial charge in [0.2, 0.25) is 10.0 Å². The number of nitrogens with zero attached hydrogens (tertiary/aromatic N) is 1. The number of ether oxygens (including phenoxy) is 1. The van der Waals surface area contributed by atoms with Crippen molar-refractivity contribution in [1.82, 2.24) is 4.31 Å². The standard InChI is InChI=1S/C15H23NO4S/c1-3-20-14-6-8-16(9-7-14)21(18,19)15-5-4-12(2)13(10-15)11-17/h4-5,10,14,17H,3,6-9,11H2,1-2H3. The van der Waals surface area contributed by atoms with Crippen LogP contribution in [0.3, 0.4) is 0 Å². The van der Waals surface area contributed by atoms with E-state index < -0.39 is 10.0 Å². The first-order chi connectivity index (χ1) is 9.98. The summed E-state index contributed by atoms with van der Waals surface area (Å²) < 4.78 is 32.3. The molecule has 21 heavy (non-hydrogen) atoms. The molecule has 1 aromatic rings. The molecule has 0 saturated carbocycles. The minimum atomic E-state index is -3.48. The van der Waals surface area contributed by atoms with Crippen molar-refractivity contribution in [3.8, 4) is 0 Å². The molecule has 0 unspecified atom stereocenters. The lowest BCUT2D eigenvalue weighted by Crippen LogP contribution is -2.40. The zero-order chi connectivity index (χ0) is 15.5. The molecule has 2 rings (SSSR count). The molecule has 1 fully saturated rings. The number of aliphatic hydroxyl groups is 1. The van der Waals surface area contributed by atoms with Crippen LogP contribution < -0.4 is 0 Å². The van der Waals surface area contributed by atoms with Gasteiger partial charge >= 0.3 is 0 Å². The van der Waals surface area contributed by atoms with Crippen molar-refractivity contribution < 1.29 is 18.3 Å². The molecule has 0 amide bonds. The van der Waals surface area contributed by atoms with E-state index in [-0.39, 0.29) is 17.6 Å². The van der Waals surface area contributed by atoms with Crippen molar-refractivity contribution in [1.29, 1.82) is 0 Å². The zero-order valence-electron chi connectivity index (χ0n) is 12.6. The fourth-order valence-corrected chi connectivity index (χ4v) is 4.12. The third-order valence-electron chi connectivity index (χ3n) is 3.93. The molecule has 1 aliphatic heterocycles. The average molecular weight is 313 g/mol. The Balaban J connectivity index is 2.15. The van der Waals surface area contributed by atoms with Crippen LogP contribution in [-0.2, 0) is 21.4 Å². The molecular formula is C15H23NO4S. The van der Waals surface area contributed by atoms with Gasteiger partial charge in [-0.15, -0.1) is 0 Å². The van der Waals surface area contributed by atoms with Gasteiger partial charge in [-0.1, -0.05) is 6.07 Å². The van der Waals surface area contributed by atoms with Crippen LogP contribution in [0.25, 0.3) is 0 Å². The highest BCUT2D eigenvalue weighted by Crippen LogP contribution is 2.23.